The first-order chi connectivity index (χ1) is 9.53. The van der Waals surface area contributed by atoms with E-state index in [0.717, 1.165) is 6.54 Å². The molecule has 1 aliphatic rings. The van der Waals surface area contributed by atoms with Gasteiger partial charge in [0.25, 0.3) is 0 Å². The summed E-state index contributed by atoms with van der Waals surface area (Å²) >= 11 is 0. The van der Waals surface area contributed by atoms with E-state index in [1.165, 1.54) is 26.4 Å². The van der Waals surface area contributed by atoms with Crippen molar-refractivity contribution in [2.75, 3.05) is 6.54 Å². The molecule has 0 saturated carbocycles. The third-order valence-corrected chi connectivity index (χ3v) is 3.61. The van der Waals surface area contributed by atoms with E-state index < -0.39 is 0 Å². The Kier molecular flexibility index (Phi) is 3.23. The maximum absolute atomic E-state index is 3.49. The minimum Gasteiger partial charge on any atom is -0.309 e. The van der Waals surface area contributed by atoms with Gasteiger partial charge in [-0.1, -0.05) is 42.5 Å². The van der Waals surface area contributed by atoms with Crippen LogP contribution in [0.1, 0.15) is 26.3 Å². The van der Waals surface area contributed by atoms with E-state index in [4.69, 9.17) is 0 Å². The van der Waals surface area contributed by atoms with Crippen LogP contribution in [-0.2, 0) is 0 Å². The summed E-state index contributed by atoms with van der Waals surface area (Å²) < 4.78 is 0. The molecule has 0 unspecified atom stereocenters. The quantitative estimate of drug-likeness (QED) is 0.748. The molecule has 1 aliphatic carbocycles. The number of benzene rings is 2. The van der Waals surface area contributed by atoms with Crippen LogP contribution in [0, 0.1) is 10.4 Å². The SMILES string of the molecule is CC(C)(C)NCC=c1ccc2c(c1)C=c1ccccc1=2. The lowest BCUT2D eigenvalue weighted by molar-refractivity contribution is 0.454. The summed E-state index contributed by atoms with van der Waals surface area (Å²) in [5, 5.41) is 8.80. The van der Waals surface area contributed by atoms with E-state index in [9.17, 15) is 0 Å². The maximum atomic E-state index is 3.49. The minimum atomic E-state index is 0.162. The summed E-state index contributed by atoms with van der Waals surface area (Å²) in [7, 11) is 0. The lowest BCUT2D eigenvalue weighted by atomic mass is 10.1. The second-order valence-electron chi connectivity index (χ2n) is 6.41. The second-order valence-corrected chi connectivity index (χ2v) is 6.41. The molecule has 3 rings (SSSR count). The lowest BCUT2D eigenvalue weighted by Gasteiger charge is -2.18. The van der Waals surface area contributed by atoms with Crippen LogP contribution in [-0.4, -0.2) is 12.1 Å². The van der Waals surface area contributed by atoms with Crippen molar-refractivity contribution in [1.82, 2.24) is 5.32 Å². The number of hydrogen-bond donors (Lipinski definition) is 1. The van der Waals surface area contributed by atoms with Gasteiger partial charge in [-0.3, -0.25) is 0 Å². The van der Waals surface area contributed by atoms with E-state index in [1.807, 2.05) is 0 Å². The van der Waals surface area contributed by atoms with Crippen molar-refractivity contribution >= 4 is 12.2 Å². The molecule has 0 atom stereocenters. The first kappa shape index (κ1) is 13.1. The zero-order valence-electron chi connectivity index (χ0n) is 12.4. The van der Waals surface area contributed by atoms with Crippen molar-refractivity contribution in [2.24, 2.45) is 0 Å². The fourth-order valence-corrected chi connectivity index (χ4v) is 2.58. The molecule has 0 aromatic heterocycles. The first-order valence-corrected chi connectivity index (χ1v) is 7.19. The average molecular weight is 263 g/mol. The average Bonchev–Trinajstić information content (AvgIpc) is 2.74. The molecular formula is C19H21N. The third-order valence-electron chi connectivity index (χ3n) is 3.61. The standard InChI is InChI=1S/C19H21N/c1-19(2,3)20-11-10-14-8-9-18-16(12-14)13-15-6-4-5-7-17(15)18/h4-10,12-13,20H,11H2,1-3H3. The summed E-state index contributed by atoms with van der Waals surface area (Å²) in [5.41, 5.74) is 1.49. The summed E-state index contributed by atoms with van der Waals surface area (Å²) in [4.78, 5) is 0. The monoisotopic (exact) mass is 263 g/mol. The Morgan fingerprint density at radius 3 is 2.60 bits per heavy atom. The zero-order valence-corrected chi connectivity index (χ0v) is 12.4. The van der Waals surface area contributed by atoms with Crippen molar-refractivity contribution < 1.29 is 0 Å². The lowest BCUT2D eigenvalue weighted by Crippen LogP contribution is -2.36. The van der Waals surface area contributed by atoms with Gasteiger partial charge >= 0.3 is 0 Å². The molecule has 1 N–H and O–H groups in total. The van der Waals surface area contributed by atoms with E-state index in [2.05, 4.69) is 80.7 Å². The van der Waals surface area contributed by atoms with E-state index in [-0.39, 0.29) is 5.54 Å². The Balaban J connectivity index is 1.98. The zero-order chi connectivity index (χ0) is 14.2. The third kappa shape index (κ3) is 2.68. The molecule has 102 valence electrons. The Labute approximate surface area is 120 Å². The van der Waals surface area contributed by atoms with Gasteiger partial charge in [0.15, 0.2) is 0 Å². The molecule has 2 aromatic carbocycles. The number of hydrogen-bond acceptors (Lipinski definition) is 1. The fourth-order valence-electron chi connectivity index (χ4n) is 2.58. The Morgan fingerprint density at radius 1 is 1.00 bits per heavy atom. The van der Waals surface area contributed by atoms with Crippen LogP contribution in [0.2, 0.25) is 0 Å². The largest absolute Gasteiger partial charge is 0.309 e. The van der Waals surface area contributed by atoms with Gasteiger partial charge in [-0.05, 0) is 59.4 Å². The van der Waals surface area contributed by atoms with E-state index in [0.29, 0.717) is 0 Å². The van der Waals surface area contributed by atoms with Gasteiger partial charge in [-0.25, -0.2) is 0 Å². The van der Waals surface area contributed by atoms with Crippen molar-refractivity contribution in [2.45, 2.75) is 26.3 Å². The fraction of sp³-hybridized carbons (Fsp3) is 0.263. The molecule has 2 aromatic rings. The van der Waals surface area contributed by atoms with Gasteiger partial charge in [0.2, 0.25) is 0 Å². The van der Waals surface area contributed by atoms with Crippen molar-refractivity contribution in [3.8, 4) is 0 Å². The van der Waals surface area contributed by atoms with Crippen LogP contribution in [0.25, 0.3) is 12.2 Å². The smallest absolute Gasteiger partial charge is 0.0148 e. The summed E-state index contributed by atoms with van der Waals surface area (Å²) in [6, 6.07) is 15.3. The predicted molar refractivity (Wildman–Crippen MR) is 85.6 cm³/mol. The number of rotatable bonds is 2. The molecule has 0 bridgehead atoms. The van der Waals surface area contributed by atoms with Gasteiger partial charge in [0, 0.05) is 12.1 Å². The molecule has 0 radical (unpaired) electrons. The molecule has 0 spiro atoms. The van der Waals surface area contributed by atoms with Crippen LogP contribution >= 0.6 is 0 Å². The number of nitrogens with one attached hydrogen (secondary N) is 1. The molecule has 1 nitrogen and oxygen atoms in total. The van der Waals surface area contributed by atoms with Crippen molar-refractivity contribution in [1.29, 1.82) is 0 Å². The highest BCUT2D eigenvalue weighted by atomic mass is 14.9. The van der Waals surface area contributed by atoms with Crippen LogP contribution < -0.4 is 15.8 Å². The van der Waals surface area contributed by atoms with Gasteiger partial charge in [-0.15, -0.1) is 0 Å². The molecule has 20 heavy (non-hydrogen) atoms. The summed E-state index contributed by atoms with van der Waals surface area (Å²) in [6.07, 6.45) is 4.53. The second kappa shape index (κ2) is 4.92. The molecular weight excluding hydrogens is 242 g/mol. The normalized spacial score (nSPS) is 13.8. The van der Waals surface area contributed by atoms with Gasteiger partial charge in [0.05, 0.1) is 0 Å². The van der Waals surface area contributed by atoms with Crippen molar-refractivity contribution in [3.05, 3.63) is 68.9 Å². The van der Waals surface area contributed by atoms with Crippen LogP contribution in [0.4, 0.5) is 0 Å². The Bertz CT molecular complexity index is 839. The van der Waals surface area contributed by atoms with E-state index in [1.54, 1.807) is 0 Å². The molecule has 0 fully saturated rings. The highest BCUT2D eigenvalue weighted by Crippen LogP contribution is 2.07. The highest BCUT2D eigenvalue weighted by molar-refractivity contribution is 5.56. The molecule has 0 heterocycles. The van der Waals surface area contributed by atoms with Crippen LogP contribution in [0.3, 0.4) is 0 Å². The predicted octanol–water partition coefficient (Wildman–Crippen LogP) is 2.28. The highest BCUT2D eigenvalue weighted by Gasteiger charge is 2.06. The Morgan fingerprint density at radius 2 is 1.80 bits per heavy atom. The van der Waals surface area contributed by atoms with Crippen LogP contribution in [0.15, 0.2) is 42.5 Å². The van der Waals surface area contributed by atoms with E-state index >= 15 is 0 Å². The summed E-state index contributed by atoms with van der Waals surface area (Å²) in [5.74, 6) is 0. The molecule has 0 aliphatic heterocycles. The first-order valence-electron chi connectivity index (χ1n) is 7.19. The molecule has 0 amide bonds. The molecule has 0 saturated heterocycles. The van der Waals surface area contributed by atoms with Crippen LogP contribution in [0.5, 0.6) is 0 Å². The Hall–Kier alpha value is -1.86. The number of fused-ring (bicyclic) bond motifs is 2. The summed E-state index contributed by atoms with van der Waals surface area (Å²) in [6.45, 7) is 7.46. The minimum absolute atomic E-state index is 0.162. The molecule has 1 heteroatoms. The van der Waals surface area contributed by atoms with Gasteiger partial charge in [0.1, 0.15) is 0 Å². The maximum Gasteiger partial charge on any atom is 0.0148 e. The topological polar surface area (TPSA) is 12.0 Å². The van der Waals surface area contributed by atoms with Crippen molar-refractivity contribution in [3.63, 3.8) is 0 Å². The van der Waals surface area contributed by atoms with Gasteiger partial charge in [-0.2, -0.15) is 0 Å². The van der Waals surface area contributed by atoms with Gasteiger partial charge < -0.3 is 5.32 Å².